The van der Waals surface area contributed by atoms with Gasteiger partial charge in [0.15, 0.2) is 5.96 Å². The van der Waals surface area contributed by atoms with Gasteiger partial charge in [-0.1, -0.05) is 50.4 Å². The number of carbonyl (C=O) groups is 1. The van der Waals surface area contributed by atoms with Crippen LogP contribution in [0.4, 0.5) is 0 Å². The zero-order chi connectivity index (χ0) is 20.1. The lowest BCUT2D eigenvalue weighted by molar-refractivity contribution is -0.134. The molecule has 0 radical (unpaired) electrons. The first-order chi connectivity index (χ1) is 13.4. The first-order valence-corrected chi connectivity index (χ1v) is 10.8. The summed E-state index contributed by atoms with van der Waals surface area (Å²) in [5.41, 5.74) is 1.11. The molecule has 0 aromatic heterocycles. The second-order valence-corrected chi connectivity index (χ2v) is 9.15. The lowest BCUT2D eigenvalue weighted by Crippen LogP contribution is -2.48. The Hall–Kier alpha value is -1.02. The topological polar surface area (TPSA) is 56.7 Å². The second-order valence-electron chi connectivity index (χ2n) is 8.72. The van der Waals surface area contributed by atoms with E-state index < -0.39 is 0 Å². The van der Waals surface area contributed by atoms with Crippen LogP contribution in [0.1, 0.15) is 51.5 Å². The van der Waals surface area contributed by atoms with Crippen LogP contribution in [0.25, 0.3) is 0 Å². The molecule has 1 amide bonds. The summed E-state index contributed by atoms with van der Waals surface area (Å²) < 4.78 is 0. The number of nitrogens with one attached hydrogen (secondary N) is 2. The fourth-order valence-corrected chi connectivity index (χ4v) is 4.40. The highest BCUT2D eigenvalue weighted by Gasteiger charge is 2.32. The summed E-state index contributed by atoms with van der Waals surface area (Å²) in [6.07, 6.45) is 5.50. The van der Waals surface area contributed by atoms with Crippen molar-refractivity contribution in [3.05, 3.63) is 34.9 Å². The Kier molecular flexibility index (Phi) is 9.07. The molecule has 7 heteroatoms. The molecule has 162 valence electrons. The molecule has 1 heterocycles. The van der Waals surface area contributed by atoms with Gasteiger partial charge in [-0.25, -0.2) is 0 Å². The van der Waals surface area contributed by atoms with Crippen molar-refractivity contribution < 1.29 is 4.79 Å². The third-order valence-electron chi connectivity index (χ3n) is 6.07. The summed E-state index contributed by atoms with van der Waals surface area (Å²) in [6, 6.07) is 8.26. The van der Waals surface area contributed by atoms with Crippen LogP contribution < -0.4 is 10.6 Å². The molecule has 0 spiro atoms. The summed E-state index contributed by atoms with van der Waals surface area (Å²) in [4.78, 5) is 19.0. The molecule has 1 aliphatic carbocycles. The highest BCUT2D eigenvalue weighted by Crippen LogP contribution is 2.28. The second kappa shape index (κ2) is 10.8. The Balaban J connectivity index is 0.00000300. The van der Waals surface area contributed by atoms with Crippen molar-refractivity contribution >= 4 is 47.4 Å². The van der Waals surface area contributed by atoms with Gasteiger partial charge >= 0.3 is 0 Å². The van der Waals surface area contributed by atoms with Crippen molar-refractivity contribution in [2.24, 2.45) is 10.9 Å². The van der Waals surface area contributed by atoms with Crippen molar-refractivity contribution in [1.82, 2.24) is 15.5 Å². The number of likely N-dealkylation sites (tertiary alicyclic amines) is 1. The molecule has 1 saturated heterocycles. The van der Waals surface area contributed by atoms with Crippen LogP contribution in [0.5, 0.6) is 0 Å². The first-order valence-electron chi connectivity index (χ1n) is 10.4. The van der Waals surface area contributed by atoms with Crippen LogP contribution in [-0.2, 0) is 10.2 Å². The van der Waals surface area contributed by atoms with E-state index in [4.69, 9.17) is 11.6 Å². The number of benzene rings is 1. The number of carbonyl (C=O) groups excluding carboxylic acids is 1. The van der Waals surface area contributed by atoms with E-state index in [1.54, 1.807) is 7.05 Å². The quantitative estimate of drug-likeness (QED) is 0.340. The van der Waals surface area contributed by atoms with Crippen LogP contribution >= 0.6 is 35.6 Å². The summed E-state index contributed by atoms with van der Waals surface area (Å²) in [5.74, 6) is 1.40. The Morgan fingerprint density at radius 1 is 1.28 bits per heavy atom. The van der Waals surface area contributed by atoms with Gasteiger partial charge in [-0.05, 0) is 37.0 Å². The average Bonchev–Trinajstić information content (AvgIpc) is 3.36. The number of rotatable bonds is 5. The normalized spacial score (nSPS) is 20.5. The molecule has 2 fully saturated rings. The van der Waals surface area contributed by atoms with E-state index in [0.29, 0.717) is 5.91 Å². The number of aliphatic imine (C=N–C) groups is 1. The summed E-state index contributed by atoms with van der Waals surface area (Å²) in [5, 5.41) is 7.70. The van der Waals surface area contributed by atoms with E-state index >= 15 is 0 Å². The minimum absolute atomic E-state index is 0. The zero-order valence-corrected chi connectivity index (χ0v) is 20.8. The molecule has 2 N–H and O–H groups in total. The molecule has 29 heavy (non-hydrogen) atoms. The maximum atomic E-state index is 12.6. The van der Waals surface area contributed by atoms with Gasteiger partial charge in [-0.2, -0.15) is 0 Å². The summed E-state index contributed by atoms with van der Waals surface area (Å²) in [7, 11) is 1.79. The molecule has 1 aromatic rings. The molecule has 1 aliphatic heterocycles. The van der Waals surface area contributed by atoms with E-state index in [-0.39, 0.29) is 41.4 Å². The SMILES string of the molecule is CN=C(NCC(C)(C)c1cccc(Cl)c1)NC1CCN(C(=O)C2CCCC2)C1.I. The zero-order valence-electron chi connectivity index (χ0n) is 17.7. The maximum absolute atomic E-state index is 12.6. The summed E-state index contributed by atoms with van der Waals surface area (Å²) >= 11 is 6.15. The van der Waals surface area contributed by atoms with Gasteiger partial charge in [-0.15, -0.1) is 24.0 Å². The van der Waals surface area contributed by atoms with Gasteiger partial charge in [0, 0.05) is 49.1 Å². The highest BCUT2D eigenvalue weighted by molar-refractivity contribution is 14.0. The Morgan fingerprint density at radius 2 is 2.00 bits per heavy atom. The number of guanidine groups is 1. The number of amides is 1. The lowest BCUT2D eigenvalue weighted by atomic mass is 9.84. The fraction of sp³-hybridized carbons (Fsp3) is 0.636. The predicted molar refractivity (Wildman–Crippen MR) is 131 cm³/mol. The van der Waals surface area contributed by atoms with Gasteiger partial charge in [0.2, 0.25) is 5.91 Å². The molecular formula is C22H34ClIN4O. The van der Waals surface area contributed by atoms with Gasteiger partial charge in [0.05, 0.1) is 0 Å². The smallest absolute Gasteiger partial charge is 0.225 e. The molecular weight excluding hydrogens is 499 g/mol. The minimum Gasteiger partial charge on any atom is -0.356 e. The minimum atomic E-state index is -0.0807. The monoisotopic (exact) mass is 532 g/mol. The van der Waals surface area contributed by atoms with Crippen molar-refractivity contribution in [2.75, 3.05) is 26.7 Å². The lowest BCUT2D eigenvalue weighted by Gasteiger charge is -2.28. The molecule has 3 rings (SSSR count). The van der Waals surface area contributed by atoms with Crippen LogP contribution in [0, 0.1) is 5.92 Å². The molecule has 1 saturated carbocycles. The molecule has 5 nitrogen and oxygen atoms in total. The average molecular weight is 533 g/mol. The molecule has 2 aliphatic rings. The van der Waals surface area contributed by atoms with Crippen molar-refractivity contribution in [3.8, 4) is 0 Å². The number of nitrogens with zero attached hydrogens (tertiary/aromatic N) is 2. The molecule has 1 atom stereocenters. The highest BCUT2D eigenvalue weighted by atomic mass is 127. The Morgan fingerprint density at radius 3 is 2.66 bits per heavy atom. The van der Waals surface area contributed by atoms with E-state index in [9.17, 15) is 4.79 Å². The van der Waals surface area contributed by atoms with E-state index in [1.807, 2.05) is 23.1 Å². The predicted octanol–water partition coefficient (Wildman–Crippen LogP) is 4.19. The van der Waals surface area contributed by atoms with Crippen molar-refractivity contribution in [1.29, 1.82) is 0 Å². The Bertz CT molecular complexity index is 719. The number of hydrogen-bond acceptors (Lipinski definition) is 2. The molecule has 0 bridgehead atoms. The maximum Gasteiger partial charge on any atom is 0.225 e. The van der Waals surface area contributed by atoms with Gasteiger partial charge in [-0.3, -0.25) is 9.79 Å². The third kappa shape index (κ3) is 6.48. The van der Waals surface area contributed by atoms with E-state index in [0.717, 1.165) is 49.9 Å². The number of hydrogen-bond donors (Lipinski definition) is 2. The molecule has 1 unspecified atom stereocenters. The van der Waals surface area contributed by atoms with E-state index in [1.165, 1.54) is 18.4 Å². The van der Waals surface area contributed by atoms with Crippen molar-refractivity contribution in [3.63, 3.8) is 0 Å². The van der Waals surface area contributed by atoms with Gasteiger partial charge in [0.1, 0.15) is 0 Å². The largest absolute Gasteiger partial charge is 0.356 e. The summed E-state index contributed by atoms with van der Waals surface area (Å²) in [6.45, 7) is 6.74. The van der Waals surface area contributed by atoms with Crippen LogP contribution in [0.15, 0.2) is 29.3 Å². The van der Waals surface area contributed by atoms with Gasteiger partial charge in [0.25, 0.3) is 0 Å². The van der Waals surface area contributed by atoms with Crippen LogP contribution in [0.2, 0.25) is 5.02 Å². The fourth-order valence-electron chi connectivity index (χ4n) is 4.21. The van der Waals surface area contributed by atoms with E-state index in [2.05, 4.69) is 35.5 Å². The van der Waals surface area contributed by atoms with Crippen LogP contribution in [0.3, 0.4) is 0 Å². The standard InChI is InChI=1S/C22H33ClN4O.HI/c1-22(2,17-9-6-10-18(23)13-17)15-25-21(24-3)26-19-11-12-27(14-19)20(28)16-7-4-5-8-16;/h6,9-10,13,16,19H,4-5,7-8,11-12,14-15H2,1-3H3,(H2,24,25,26);1H. The third-order valence-corrected chi connectivity index (χ3v) is 6.31. The molecule has 1 aromatic carbocycles. The van der Waals surface area contributed by atoms with Gasteiger partial charge < -0.3 is 15.5 Å². The van der Waals surface area contributed by atoms with Crippen LogP contribution in [-0.4, -0.2) is 49.5 Å². The number of halogens is 2. The Labute approximate surface area is 197 Å². The van der Waals surface area contributed by atoms with Crippen molar-refractivity contribution in [2.45, 2.75) is 57.4 Å². The first kappa shape index (κ1) is 24.3.